The summed E-state index contributed by atoms with van der Waals surface area (Å²) in [4.78, 5) is 24.2. The molecule has 0 saturated heterocycles. The van der Waals surface area contributed by atoms with E-state index in [0.29, 0.717) is 23.0 Å². The van der Waals surface area contributed by atoms with Crippen molar-refractivity contribution >= 4 is 5.97 Å². The zero-order chi connectivity index (χ0) is 15.0. The van der Waals surface area contributed by atoms with Crippen molar-refractivity contribution in [3.05, 3.63) is 42.5 Å². The third-order valence-electron chi connectivity index (χ3n) is 3.17. The van der Waals surface area contributed by atoms with Crippen molar-refractivity contribution in [3.63, 3.8) is 0 Å². The first-order chi connectivity index (χ1) is 10.1. The number of pyridine rings is 1. The van der Waals surface area contributed by atoms with E-state index in [0.717, 1.165) is 0 Å². The molecule has 0 radical (unpaired) electrons. The van der Waals surface area contributed by atoms with Crippen molar-refractivity contribution < 1.29 is 9.90 Å². The van der Waals surface area contributed by atoms with E-state index in [1.54, 1.807) is 33.9 Å². The fraction of sp³-hybridized carbons (Fsp3) is 0.143. The number of nitrogens with zero attached hydrogens (tertiary/aromatic N) is 5. The van der Waals surface area contributed by atoms with Gasteiger partial charge in [-0.2, -0.15) is 0 Å². The van der Waals surface area contributed by atoms with Gasteiger partial charge in [0.15, 0.2) is 11.6 Å². The zero-order valence-electron chi connectivity index (χ0n) is 11.6. The predicted octanol–water partition coefficient (Wildman–Crippen LogP) is 1.58. The van der Waals surface area contributed by atoms with Gasteiger partial charge in [-0.05, 0) is 12.1 Å². The van der Waals surface area contributed by atoms with Crippen LogP contribution >= 0.6 is 0 Å². The summed E-state index contributed by atoms with van der Waals surface area (Å²) in [5.41, 5.74) is 1.15. The minimum Gasteiger partial charge on any atom is -0.478 e. The SMILES string of the molecule is Cn1ccnc1-c1cc(C(=O)O)cc(-c2nccn2C)n1. The lowest BCUT2D eigenvalue weighted by molar-refractivity contribution is 0.0697. The number of carboxylic acids is 1. The Labute approximate surface area is 120 Å². The second-order valence-corrected chi connectivity index (χ2v) is 4.65. The lowest BCUT2D eigenvalue weighted by Crippen LogP contribution is -2.04. The van der Waals surface area contributed by atoms with Crippen LogP contribution in [0.4, 0.5) is 0 Å². The number of imidazole rings is 2. The summed E-state index contributed by atoms with van der Waals surface area (Å²) < 4.78 is 3.58. The smallest absolute Gasteiger partial charge is 0.335 e. The highest BCUT2D eigenvalue weighted by atomic mass is 16.4. The van der Waals surface area contributed by atoms with Gasteiger partial charge in [-0.1, -0.05) is 0 Å². The summed E-state index contributed by atoms with van der Waals surface area (Å²) in [6, 6.07) is 3.02. The Morgan fingerprint density at radius 3 is 1.81 bits per heavy atom. The number of carboxylic acid groups (broad SMARTS) is 1. The van der Waals surface area contributed by atoms with Gasteiger partial charge in [0.25, 0.3) is 0 Å². The number of rotatable bonds is 3. The van der Waals surface area contributed by atoms with E-state index < -0.39 is 5.97 Å². The van der Waals surface area contributed by atoms with Crippen LogP contribution in [-0.4, -0.2) is 35.2 Å². The van der Waals surface area contributed by atoms with E-state index in [9.17, 15) is 9.90 Å². The van der Waals surface area contributed by atoms with Crippen LogP contribution in [0.5, 0.6) is 0 Å². The van der Waals surface area contributed by atoms with Crippen molar-refractivity contribution in [3.8, 4) is 23.0 Å². The summed E-state index contributed by atoms with van der Waals surface area (Å²) in [5, 5.41) is 9.29. The Hall–Kier alpha value is -2.96. The van der Waals surface area contributed by atoms with Crippen LogP contribution in [0.3, 0.4) is 0 Å². The Kier molecular flexibility index (Phi) is 3.02. The van der Waals surface area contributed by atoms with Gasteiger partial charge in [0, 0.05) is 38.9 Å². The van der Waals surface area contributed by atoms with Crippen molar-refractivity contribution in [1.82, 2.24) is 24.1 Å². The summed E-state index contributed by atoms with van der Waals surface area (Å²) >= 11 is 0. The second kappa shape index (κ2) is 4.86. The lowest BCUT2D eigenvalue weighted by atomic mass is 10.1. The molecule has 0 amide bonds. The maximum absolute atomic E-state index is 11.3. The van der Waals surface area contributed by atoms with Gasteiger partial charge < -0.3 is 14.2 Å². The van der Waals surface area contributed by atoms with Crippen molar-refractivity contribution in [2.75, 3.05) is 0 Å². The fourth-order valence-electron chi connectivity index (χ4n) is 2.11. The second-order valence-electron chi connectivity index (χ2n) is 4.65. The summed E-state index contributed by atoms with van der Waals surface area (Å²) in [5.74, 6) is 0.199. The average Bonchev–Trinajstić information content (AvgIpc) is 3.06. The molecule has 0 aliphatic heterocycles. The molecule has 0 saturated carbocycles. The van der Waals surface area contributed by atoms with Crippen molar-refractivity contribution in [2.45, 2.75) is 0 Å². The number of carbonyl (C=O) groups is 1. The largest absolute Gasteiger partial charge is 0.478 e. The van der Waals surface area contributed by atoms with Gasteiger partial charge in [-0.3, -0.25) is 0 Å². The molecule has 3 aromatic rings. The molecule has 3 rings (SSSR count). The third kappa shape index (κ3) is 2.29. The number of aromatic nitrogens is 5. The Morgan fingerprint density at radius 1 is 1.00 bits per heavy atom. The van der Waals surface area contributed by atoms with Crippen LogP contribution in [0.15, 0.2) is 36.9 Å². The first-order valence-electron chi connectivity index (χ1n) is 6.27. The molecular formula is C14H13N5O2. The maximum atomic E-state index is 11.3. The molecule has 7 heteroatoms. The molecule has 0 bridgehead atoms. The first-order valence-corrected chi connectivity index (χ1v) is 6.27. The van der Waals surface area contributed by atoms with Crippen molar-refractivity contribution in [2.24, 2.45) is 14.1 Å². The van der Waals surface area contributed by atoms with Crippen LogP contribution in [-0.2, 0) is 14.1 Å². The van der Waals surface area contributed by atoms with E-state index in [1.165, 1.54) is 12.1 Å². The maximum Gasteiger partial charge on any atom is 0.335 e. The molecule has 7 nitrogen and oxygen atoms in total. The molecule has 3 heterocycles. The molecule has 1 N–H and O–H groups in total. The molecule has 0 atom stereocenters. The van der Waals surface area contributed by atoms with Gasteiger partial charge in [0.05, 0.1) is 5.56 Å². The standard InChI is InChI=1S/C14H13N5O2/c1-18-5-3-15-12(18)10-7-9(14(20)21)8-11(17-10)13-16-4-6-19(13)2/h3-8H,1-2H3,(H,20,21). The number of hydrogen-bond donors (Lipinski definition) is 1. The van der Waals surface area contributed by atoms with Crippen LogP contribution in [0, 0.1) is 0 Å². The Morgan fingerprint density at radius 2 is 1.48 bits per heavy atom. The van der Waals surface area contributed by atoms with Crippen LogP contribution in [0.2, 0.25) is 0 Å². The minimum atomic E-state index is -1.01. The molecular weight excluding hydrogens is 270 g/mol. The average molecular weight is 283 g/mol. The van der Waals surface area contributed by atoms with Gasteiger partial charge in [-0.25, -0.2) is 19.7 Å². The third-order valence-corrected chi connectivity index (χ3v) is 3.17. The molecule has 0 aliphatic rings. The quantitative estimate of drug-likeness (QED) is 0.788. The summed E-state index contributed by atoms with van der Waals surface area (Å²) in [6.45, 7) is 0. The fourth-order valence-corrected chi connectivity index (χ4v) is 2.11. The predicted molar refractivity (Wildman–Crippen MR) is 75.6 cm³/mol. The minimum absolute atomic E-state index is 0.154. The molecule has 0 unspecified atom stereocenters. The van der Waals surface area contributed by atoms with Gasteiger partial charge in [-0.15, -0.1) is 0 Å². The summed E-state index contributed by atoms with van der Waals surface area (Å²) in [7, 11) is 3.66. The topological polar surface area (TPSA) is 85.8 Å². The van der Waals surface area contributed by atoms with Crippen LogP contribution in [0.1, 0.15) is 10.4 Å². The number of aromatic carboxylic acids is 1. The highest BCUT2D eigenvalue weighted by Crippen LogP contribution is 2.22. The Balaban J connectivity index is 2.22. The highest BCUT2D eigenvalue weighted by Gasteiger charge is 2.15. The normalized spacial score (nSPS) is 10.8. The van der Waals surface area contributed by atoms with Gasteiger partial charge in [0.2, 0.25) is 0 Å². The molecule has 0 aliphatic carbocycles. The molecule has 0 aromatic carbocycles. The van der Waals surface area contributed by atoms with Crippen LogP contribution in [0.25, 0.3) is 23.0 Å². The zero-order valence-corrected chi connectivity index (χ0v) is 11.6. The van der Waals surface area contributed by atoms with Gasteiger partial charge in [0.1, 0.15) is 11.4 Å². The van der Waals surface area contributed by atoms with E-state index >= 15 is 0 Å². The van der Waals surface area contributed by atoms with E-state index in [2.05, 4.69) is 15.0 Å². The number of hydrogen-bond acceptors (Lipinski definition) is 4. The monoisotopic (exact) mass is 283 g/mol. The first kappa shape index (κ1) is 13.0. The van der Waals surface area contributed by atoms with E-state index in [-0.39, 0.29) is 5.56 Å². The van der Waals surface area contributed by atoms with Crippen molar-refractivity contribution in [1.29, 1.82) is 0 Å². The van der Waals surface area contributed by atoms with E-state index in [4.69, 9.17) is 0 Å². The molecule has 0 fully saturated rings. The molecule has 21 heavy (non-hydrogen) atoms. The lowest BCUT2D eigenvalue weighted by Gasteiger charge is -2.07. The van der Waals surface area contributed by atoms with Gasteiger partial charge >= 0.3 is 5.97 Å². The number of aryl methyl sites for hydroxylation is 2. The molecule has 0 spiro atoms. The highest BCUT2D eigenvalue weighted by molar-refractivity contribution is 5.90. The molecule has 106 valence electrons. The van der Waals surface area contributed by atoms with E-state index in [1.807, 2.05) is 14.1 Å². The Bertz CT molecular complexity index is 760. The van der Waals surface area contributed by atoms with Crippen LogP contribution < -0.4 is 0 Å². The molecule has 3 aromatic heterocycles. The summed E-state index contributed by atoms with van der Waals surface area (Å²) in [6.07, 6.45) is 6.85.